The first-order valence-corrected chi connectivity index (χ1v) is 9.35. The lowest BCUT2D eigenvalue weighted by Gasteiger charge is -2.32. The summed E-state index contributed by atoms with van der Waals surface area (Å²) >= 11 is 0. The highest BCUT2D eigenvalue weighted by Gasteiger charge is 2.52. The summed E-state index contributed by atoms with van der Waals surface area (Å²) in [6, 6.07) is 1.55. The van der Waals surface area contributed by atoms with Gasteiger partial charge in [-0.15, -0.1) is 0 Å². The predicted octanol–water partition coefficient (Wildman–Crippen LogP) is 3.48. The molecule has 1 aromatic heterocycles. The third-order valence-corrected chi connectivity index (χ3v) is 6.07. The van der Waals surface area contributed by atoms with Gasteiger partial charge in [0.15, 0.2) is 6.23 Å². The van der Waals surface area contributed by atoms with Crippen LogP contribution in [0.15, 0.2) is 12.3 Å². The molecule has 0 N–H and O–H groups in total. The Hall–Kier alpha value is -1.44. The van der Waals surface area contributed by atoms with Crippen LogP contribution in [0.4, 0.5) is 4.39 Å². The van der Waals surface area contributed by atoms with Crippen LogP contribution in [-0.2, 0) is 14.0 Å². The Labute approximate surface area is 153 Å². The van der Waals surface area contributed by atoms with Crippen LogP contribution < -0.4 is 5.46 Å². The summed E-state index contributed by atoms with van der Waals surface area (Å²) in [7, 11) is -0.622. The molecule has 0 radical (unpaired) electrons. The zero-order chi connectivity index (χ0) is 18.7. The minimum atomic E-state index is -0.622. The molecule has 3 heterocycles. The van der Waals surface area contributed by atoms with Gasteiger partial charge in [0, 0.05) is 18.1 Å². The van der Waals surface area contributed by atoms with E-state index in [0.29, 0.717) is 12.2 Å². The number of hydrogen-bond donors (Lipinski definition) is 0. The fraction of sp³-hybridized carbons (Fsp3) is 0.632. The molecule has 0 unspecified atom stereocenters. The molecular formula is C19H26BFN2O3. The van der Waals surface area contributed by atoms with E-state index >= 15 is 0 Å². The summed E-state index contributed by atoms with van der Waals surface area (Å²) in [5.74, 6) is -0.278. The standard InChI is InChI=1S/C19H26BFN2O3/c1-12-14(21)10-15-13(11-22-23(15)16-8-6-7-9-24-16)17(12)20-25-18(2,3)19(4,5)26-20/h10-11,16H,6-9H2,1-5H3/t16-/m0/s1. The van der Waals surface area contributed by atoms with E-state index in [4.69, 9.17) is 14.0 Å². The number of nitrogens with zero attached hydrogens (tertiary/aromatic N) is 2. The van der Waals surface area contributed by atoms with Crippen molar-refractivity contribution in [2.24, 2.45) is 0 Å². The maximum atomic E-state index is 14.8. The van der Waals surface area contributed by atoms with E-state index in [1.807, 2.05) is 27.7 Å². The number of ether oxygens (including phenoxy) is 1. The second-order valence-electron chi connectivity index (χ2n) is 8.33. The highest BCUT2D eigenvalue weighted by molar-refractivity contribution is 6.65. The van der Waals surface area contributed by atoms with Crippen LogP contribution in [-0.4, -0.2) is 34.7 Å². The number of benzene rings is 1. The maximum absolute atomic E-state index is 14.8. The van der Waals surface area contributed by atoms with Crippen LogP contribution in [0.2, 0.25) is 0 Å². The van der Waals surface area contributed by atoms with Gasteiger partial charge in [0.2, 0.25) is 0 Å². The van der Waals surface area contributed by atoms with Gasteiger partial charge >= 0.3 is 7.12 Å². The normalized spacial score (nSPS) is 25.2. The van der Waals surface area contributed by atoms with E-state index in [9.17, 15) is 4.39 Å². The molecule has 0 saturated carbocycles. The first-order valence-electron chi connectivity index (χ1n) is 9.35. The monoisotopic (exact) mass is 360 g/mol. The van der Waals surface area contributed by atoms with Crippen molar-refractivity contribution in [3.8, 4) is 0 Å². The lowest BCUT2D eigenvalue weighted by Crippen LogP contribution is -2.41. The third-order valence-electron chi connectivity index (χ3n) is 6.07. The van der Waals surface area contributed by atoms with Crippen LogP contribution in [0.5, 0.6) is 0 Å². The Morgan fingerprint density at radius 1 is 1.19 bits per heavy atom. The number of aromatic nitrogens is 2. The molecule has 2 aliphatic rings. The topological polar surface area (TPSA) is 45.5 Å². The van der Waals surface area contributed by atoms with Gasteiger partial charge in [-0.2, -0.15) is 5.10 Å². The van der Waals surface area contributed by atoms with E-state index in [0.717, 1.165) is 35.6 Å². The molecule has 2 fully saturated rings. The quantitative estimate of drug-likeness (QED) is 0.770. The number of hydrogen-bond acceptors (Lipinski definition) is 4. The summed E-state index contributed by atoms with van der Waals surface area (Å²) in [6.07, 6.45) is 4.67. The van der Waals surface area contributed by atoms with Gasteiger partial charge in [-0.1, -0.05) is 0 Å². The van der Waals surface area contributed by atoms with Crippen molar-refractivity contribution in [2.75, 3.05) is 6.61 Å². The van der Waals surface area contributed by atoms with Crippen molar-refractivity contribution in [3.05, 3.63) is 23.6 Å². The number of fused-ring (bicyclic) bond motifs is 1. The zero-order valence-electron chi connectivity index (χ0n) is 16.1. The highest BCUT2D eigenvalue weighted by Crippen LogP contribution is 2.38. The van der Waals surface area contributed by atoms with Gasteiger partial charge in [0.1, 0.15) is 5.82 Å². The summed E-state index contributed by atoms with van der Waals surface area (Å²) in [5.41, 5.74) is 1.03. The molecular weight excluding hydrogens is 334 g/mol. The van der Waals surface area contributed by atoms with Crippen LogP contribution in [0.25, 0.3) is 10.9 Å². The Balaban J connectivity index is 1.82. The third kappa shape index (κ3) is 2.68. The van der Waals surface area contributed by atoms with E-state index in [1.54, 1.807) is 23.9 Å². The molecule has 140 valence electrons. The van der Waals surface area contributed by atoms with Crippen molar-refractivity contribution in [1.82, 2.24) is 9.78 Å². The Morgan fingerprint density at radius 2 is 1.88 bits per heavy atom. The average Bonchev–Trinajstić information content (AvgIpc) is 3.07. The molecule has 0 aliphatic carbocycles. The molecule has 1 atom stereocenters. The number of rotatable bonds is 2. The summed E-state index contributed by atoms with van der Waals surface area (Å²) in [6.45, 7) is 10.5. The predicted molar refractivity (Wildman–Crippen MR) is 99.0 cm³/mol. The lowest BCUT2D eigenvalue weighted by atomic mass is 9.74. The van der Waals surface area contributed by atoms with Crippen molar-refractivity contribution < 1.29 is 18.4 Å². The average molecular weight is 360 g/mol. The number of halogens is 1. The molecule has 1 aromatic carbocycles. The van der Waals surface area contributed by atoms with Gasteiger partial charge < -0.3 is 14.0 Å². The molecule has 5 nitrogen and oxygen atoms in total. The summed E-state index contributed by atoms with van der Waals surface area (Å²) in [4.78, 5) is 0. The minimum Gasteiger partial charge on any atom is -0.399 e. The molecule has 2 saturated heterocycles. The Kier molecular flexibility index (Phi) is 4.17. The van der Waals surface area contributed by atoms with Crippen molar-refractivity contribution in [2.45, 2.75) is 71.3 Å². The van der Waals surface area contributed by atoms with Crippen molar-refractivity contribution >= 4 is 23.5 Å². The van der Waals surface area contributed by atoms with Gasteiger partial charge in [-0.05, 0) is 64.9 Å². The second kappa shape index (κ2) is 6.04. The fourth-order valence-corrected chi connectivity index (χ4v) is 3.69. The highest BCUT2D eigenvalue weighted by atomic mass is 19.1. The molecule has 26 heavy (non-hydrogen) atoms. The smallest absolute Gasteiger partial charge is 0.399 e. The van der Waals surface area contributed by atoms with E-state index < -0.39 is 18.3 Å². The second-order valence-corrected chi connectivity index (χ2v) is 8.33. The van der Waals surface area contributed by atoms with Gasteiger partial charge in [-0.25, -0.2) is 9.07 Å². The first kappa shape index (κ1) is 18.0. The fourth-order valence-electron chi connectivity index (χ4n) is 3.69. The molecule has 4 rings (SSSR count). The Morgan fingerprint density at radius 3 is 2.50 bits per heavy atom. The SMILES string of the molecule is Cc1c(F)cc2c(cnn2[C@@H]2CCCCO2)c1B1OC(C)(C)C(C)(C)O1. The van der Waals surface area contributed by atoms with Crippen molar-refractivity contribution in [3.63, 3.8) is 0 Å². The Bertz CT molecular complexity index is 827. The van der Waals surface area contributed by atoms with Gasteiger partial charge in [0.25, 0.3) is 0 Å². The molecule has 7 heteroatoms. The molecule has 0 bridgehead atoms. The summed E-state index contributed by atoms with van der Waals surface area (Å²) in [5, 5.41) is 5.38. The summed E-state index contributed by atoms with van der Waals surface area (Å²) < 4.78 is 34.8. The van der Waals surface area contributed by atoms with Crippen LogP contribution in [0.3, 0.4) is 0 Å². The van der Waals surface area contributed by atoms with E-state index in [-0.39, 0.29) is 12.0 Å². The maximum Gasteiger partial charge on any atom is 0.495 e. The van der Waals surface area contributed by atoms with Gasteiger partial charge in [-0.3, -0.25) is 0 Å². The van der Waals surface area contributed by atoms with Crippen LogP contribution in [0.1, 0.15) is 58.7 Å². The molecule has 0 amide bonds. The largest absolute Gasteiger partial charge is 0.495 e. The zero-order valence-corrected chi connectivity index (χ0v) is 16.1. The molecule has 2 aromatic rings. The van der Waals surface area contributed by atoms with Crippen molar-refractivity contribution in [1.29, 1.82) is 0 Å². The minimum absolute atomic E-state index is 0.144. The first-order chi connectivity index (χ1) is 12.2. The van der Waals surface area contributed by atoms with Crippen LogP contribution >= 0.6 is 0 Å². The lowest BCUT2D eigenvalue weighted by molar-refractivity contribution is -0.0366. The van der Waals surface area contributed by atoms with E-state index in [2.05, 4.69) is 5.10 Å². The molecule has 0 spiro atoms. The molecule has 2 aliphatic heterocycles. The van der Waals surface area contributed by atoms with E-state index in [1.165, 1.54) is 0 Å². The van der Waals surface area contributed by atoms with Gasteiger partial charge in [0.05, 0.1) is 22.9 Å². The van der Waals surface area contributed by atoms with Crippen LogP contribution in [0, 0.1) is 12.7 Å².